The van der Waals surface area contributed by atoms with Gasteiger partial charge in [0.05, 0.1) is 11.4 Å². The summed E-state index contributed by atoms with van der Waals surface area (Å²) in [5, 5.41) is 0. The fourth-order valence-corrected chi connectivity index (χ4v) is 3.44. The van der Waals surface area contributed by atoms with Gasteiger partial charge >= 0.3 is 6.09 Å². The second-order valence-corrected chi connectivity index (χ2v) is 7.10. The van der Waals surface area contributed by atoms with Gasteiger partial charge in [0.1, 0.15) is 6.61 Å². The summed E-state index contributed by atoms with van der Waals surface area (Å²) in [6.45, 7) is 1.06. The van der Waals surface area contributed by atoms with Gasteiger partial charge in [-0.2, -0.15) is 0 Å². The Bertz CT molecular complexity index is 918. The minimum absolute atomic E-state index is 0.245. The highest BCUT2D eigenvalue weighted by molar-refractivity contribution is 7.92. The Hall–Kier alpha value is -2.68. The molecule has 0 bridgehead atoms. The molecule has 0 atom stereocenters. The number of rotatable bonds is 5. The molecule has 1 aliphatic heterocycles. The number of amides is 1. The third-order valence-corrected chi connectivity index (χ3v) is 4.98. The van der Waals surface area contributed by atoms with Crippen LogP contribution in [-0.4, -0.2) is 32.6 Å². The van der Waals surface area contributed by atoms with Gasteiger partial charge in [0.25, 0.3) is 10.0 Å². The second kappa shape index (κ2) is 6.67. The van der Waals surface area contributed by atoms with Crippen LogP contribution in [0.5, 0.6) is 0 Å². The molecular weight excluding hydrogens is 354 g/mol. The third kappa shape index (κ3) is 3.87. The predicted molar refractivity (Wildman–Crippen MR) is 85.4 cm³/mol. The molecule has 2 aromatic rings. The third-order valence-electron chi connectivity index (χ3n) is 3.60. The molecule has 25 heavy (non-hydrogen) atoms. The molecule has 0 aromatic heterocycles. The summed E-state index contributed by atoms with van der Waals surface area (Å²) in [4.78, 5) is 12.6. The van der Waals surface area contributed by atoms with Crippen molar-refractivity contribution in [2.45, 2.75) is 11.4 Å². The highest BCUT2D eigenvalue weighted by Crippen LogP contribution is 2.20. The summed E-state index contributed by atoms with van der Waals surface area (Å²) < 4.78 is 57.9. The minimum atomic E-state index is -4.07. The number of sulfonamides is 1. The molecule has 0 unspecified atom stereocenters. The van der Waals surface area contributed by atoms with E-state index in [1.54, 1.807) is 18.2 Å². The van der Waals surface area contributed by atoms with Crippen LogP contribution in [-0.2, 0) is 21.3 Å². The van der Waals surface area contributed by atoms with Crippen molar-refractivity contribution < 1.29 is 26.7 Å². The van der Waals surface area contributed by atoms with E-state index < -0.39 is 27.8 Å². The first-order valence-electron chi connectivity index (χ1n) is 7.34. The van der Waals surface area contributed by atoms with Gasteiger partial charge in [-0.25, -0.2) is 22.0 Å². The lowest BCUT2D eigenvalue weighted by Gasteiger charge is -2.14. The topological polar surface area (TPSA) is 75.7 Å². The molecule has 1 saturated heterocycles. The van der Waals surface area contributed by atoms with Gasteiger partial charge in [-0.15, -0.1) is 0 Å². The number of benzene rings is 2. The maximum atomic E-state index is 13.3. The zero-order valence-corrected chi connectivity index (χ0v) is 13.7. The average Bonchev–Trinajstić information content (AvgIpc) is 2.95. The van der Waals surface area contributed by atoms with E-state index in [-0.39, 0.29) is 17.1 Å². The Balaban J connectivity index is 1.78. The fourth-order valence-electron chi connectivity index (χ4n) is 2.38. The van der Waals surface area contributed by atoms with Crippen molar-refractivity contribution in [1.29, 1.82) is 0 Å². The maximum absolute atomic E-state index is 13.3. The summed E-state index contributed by atoms with van der Waals surface area (Å²) in [6.07, 6.45) is -0.423. The van der Waals surface area contributed by atoms with Gasteiger partial charge in [-0.1, -0.05) is 12.1 Å². The van der Waals surface area contributed by atoms with Gasteiger partial charge in [-0.3, -0.25) is 4.72 Å². The minimum Gasteiger partial charge on any atom is -0.448 e. The molecule has 0 saturated carbocycles. The molecule has 0 radical (unpaired) electrons. The summed E-state index contributed by atoms with van der Waals surface area (Å²) >= 11 is 0. The lowest BCUT2D eigenvalue weighted by atomic mass is 10.2. The number of hydrogen-bond acceptors (Lipinski definition) is 4. The van der Waals surface area contributed by atoms with Crippen molar-refractivity contribution in [3.05, 3.63) is 59.7 Å². The SMILES string of the molecule is O=C1OCCN1Cc1cccc(NS(=O)(=O)c2ccc(F)c(F)c2)c1. The van der Waals surface area contributed by atoms with E-state index in [0.29, 0.717) is 24.8 Å². The maximum Gasteiger partial charge on any atom is 0.410 e. The number of anilines is 1. The highest BCUT2D eigenvalue weighted by atomic mass is 32.2. The van der Waals surface area contributed by atoms with Crippen LogP contribution in [0.3, 0.4) is 0 Å². The first-order valence-corrected chi connectivity index (χ1v) is 8.82. The van der Waals surface area contributed by atoms with Crippen molar-refractivity contribution >= 4 is 21.8 Å². The van der Waals surface area contributed by atoms with Crippen molar-refractivity contribution in [3.8, 4) is 0 Å². The molecule has 6 nitrogen and oxygen atoms in total. The molecule has 132 valence electrons. The smallest absolute Gasteiger partial charge is 0.410 e. The quantitative estimate of drug-likeness (QED) is 0.881. The summed E-state index contributed by atoms with van der Waals surface area (Å²) in [5.74, 6) is -2.37. The van der Waals surface area contributed by atoms with Gasteiger partial charge in [-0.05, 0) is 35.9 Å². The van der Waals surface area contributed by atoms with Crippen LogP contribution in [0.4, 0.5) is 19.3 Å². The molecular formula is C16H14F2N2O4S. The van der Waals surface area contributed by atoms with Gasteiger partial charge in [0.2, 0.25) is 0 Å². The number of nitrogens with one attached hydrogen (secondary N) is 1. The number of nitrogens with zero attached hydrogens (tertiary/aromatic N) is 1. The number of hydrogen-bond donors (Lipinski definition) is 1. The molecule has 0 spiro atoms. The molecule has 3 rings (SSSR count). The summed E-state index contributed by atoms with van der Waals surface area (Å²) in [7, 11) is -4.07. The zero-order chi connectivity index (χ0) is 18.0. The van der Waals surface area contributed by atoms with E-state index in [9.17, 15) is 22.0 Å². The monoisotopic (exact) mass is 368 g/mol. The molecule has 1 aliphatic rings. The van der Waals surface area contributed by atoms with E-state index >= 15 is 0 Å². The Morgan fingerprint density at radius 1 is 1.12 bits per heavy atom. The van der Waals surface area contributed by atoms with Gasteiger partial charge < -0.3 is 9.64 Å². The van der Waals surface area contributed by atoms with Crippen molar-refractivity contribution in [2.24, 2.45) is 0 Å². The first-order chi connectivity index (χ1) is 11.8. The van der Waals surface area contributed by atoms with Crippen LogP contribution < -0.4 is 4.72 Å². The van der Waals surface area contributed by atoms with E-state index in [4.69, 9.17) is 4.74 Å². The van der Waals surface area contributed by atoms with Crippen LogP contribution in [0, 0.1) is 11.6 Å². The van der Waals surface area contributed by atoms with Crippen molar-refractivity contribution in [1.82, 2.24) is 4.90 Å². The molecule has 1 amide bonds. The lowest BCUT2D eigenvalue weighted by molar-refractivity contribution is 0.157. The fraction of sp³-hybridized carbons (Fsp3) is 0.188. The van der Waals surface area contributed by atoms with Crippen LogP contribution >= 0.6 is 0 Å². The molecule has 9 heteroatoms. The second-order valence-electron chi connectivity index (χ2n) is 5.42. The number of carbonyl (C=O) groups is 1. The molecule has 0 aliphatic carbocycles. The zero-order valence-electron chi connectivity index (χ0n) is 12.9. The highest BCUT2D eigenvalue weighted by Gasteiger charge is 2.22. The normalized spacial score (nSPS) is 14.5. The Morgan fingerprint density at radius 3 is 2.60 bits per heavy atom. The van der Waals surface area contributed by atoms with Crippen molar-refractivity contribution in [3.63, 3.8) is 0 Å². The molecule has 1 heterocycles. The number of halogens is 2. The average molecular weight is 368 g/mol. The standard InChI is InChI=1S/C16H14F2N2O4S/c17-14-5-4-13(9-15(14)18)25(22,23)19-12-3-1-2-11(8-12)10-20-6-7-24-16(20)21/h1-5,8-9,19H,6-7,10H2. The lowest BCUT2D eigenvalue weighted by Crippen LogP contribution is -2.23. The molecule has 2 aromatic carbocycles. The number of cyclic esters (lactones) is 1. The van der Waals surface area contributed by atoms with Crippen molar-refractivity contribution in [2.75, 3.05) is 17.9 Å². The van der Waals surface area contributed by atoms with E-state index in [2.05, 4.69) is 4.72 Å². The Labute approximate surface area is 143 Å². The van der Waals surface area contributed by atoms with E-state index in [0.717, 1.165) is 12.1 Å². The van der Waals surface area contributed by atoms with Crippen LogP contribution in [0.15, 0.2) is 47.4 Å². The van der Waals surface area contributed by atoms with Crippen LogP contribution in [0.25, 0.3) is 0 Å². The number of carbonyl (C=O) groups excluding carboxylic acids is 1. The largest absolute Gasteiger partial charge is 0.448 e. The Kier molecular flexibility index (Phi) is 4.58. The van der Waals surface area contributed by atoms with Gasteiger partial charge in [0.15, 0.2) is 11.6 Å². The number of ether oxygens (including phenoxy) is 1. The van der Waals surface area contributed by atoms with Crippen LogP contribution in [0.1, 0.15) is 5.56 Å². The first kappa shape index (κ1) is 17.2. The molecule has 1 fully saturated rings. The predicted octanol–water partition coefficient (Wildman–Crippen LogP) is 2.72. The van der Waals surface area contributed by atoms with E-state index in [1.807, 2.05) is 0 Å². The van der Waals surface area contributed by atoms with Gasteiger partial charge in [0, 0.05) is 12.2 Å². The van der Waals surface area contributed by atoms with Crippen LogP contribution in [0.2, 0.25) is 0 Å². The summed E-state index contributed by atoms with van der Waals surface area (Å²) in [6, 6.07) is 8.78. The Morgan fingerprint density at radius 2 is 1.92 bits per heavy atom. The van der Waals surface area contributed by atoms with E-state index in [1.165, 1.54) is 11.0 Å². The summed E-state index contributed by atoms with van der Waals surface area (Å²) in [5.41, 5.74) is 0.944. The molecule has 1 N–H and O–H groups in total.